The average molecular weight is 256 g/mol. The molecule has 0 atom stereocenters. The van der Waals surface area contributed by atoms with E-state index in [1.807, 2.05) is 30.3 Å². The standard InChI is InChI=1S/C14H9FN2S/c15-10-5-6-12-9(7-10)8-18-14-16-11-3-1-2-4-13(11)17(12)14/h1-7H,8H2. The van der Waals surface area contributed by atoms with Crippen LogP contribution in [0.25, 0.3) is 16.7 Å². The van der Waals surface area contributed by atoms with E-state index in [-0.39, 0.29) is 5.82 Å². The van der Waals surface area contributed by atoms with Crippen molar-refractivity contribution in [3.63, 3.8) is 0 Å². The number of rotatable bonds is 0. The topological polar surface area (TPSA) is 17.8 Å². The van der Waals surface area contributed by atoms with Crippen molar-refractivity contribution in [2.45, 2.75) is 10.9 Å². The predicted octanol–water partition coefficient (Wildman–Crippen LogP) is 3.77. The zero-order chi connectivity index (χ0) is 12.1. The molecule has 2 nitrogen and oxygen atoms in total. The van der Waals surface area contributed by atoms with Gasteiger partial charge in [-0.05, 0) is 35.9 Å². The van der Waals surface area contributed by atoms with Crippen LogP contribution in [0.2, 0.25) is 0 Å². The van der Waals surface area contributed by atoms with Crippen LogP contribution in [-0.2, 0) is 5.75 Å². The van der Waals surface area contributed by atoms with E-state index < -0.39 is 0 Å². The quantitative estimate of drug-likeness (QED) is 0.609. The van der Waals surface area contributed by atoms with Crippen molar-refractivity contribution in [3.05, 3.63) is 53.8 Å². The number of thioether (sulfide) groups is 1. The molecule has 88 valence electrons. The Kier molecular flexibility index (Phi) is 2.02. The highest BCUT2D eigenvalue weighted by Crippen LogP contribution is 2.36. The third-order valence-electron chi connectivity index (χ3n) is 3.17. The predicted molar refractivity (Wildman–Crippen MR) is 70.6 cm³/mol. The molecule has 2 heterocycles. The van der Waals surface area contributed by atoms with E-state index in [4.69, 9.17) is 0 Å². The maximum absolute atomic E-state index is 13.3. The molecular weight excluding hydrogens is 247 g/mol. The smallest absolute Gasteiger partial charge is 0.174 e. The lowest BCUT2D eigenvalue weighted by Gasteiger charge is -2.18. The molecule has 3 aromatic rings. The van der Waals surface area contributed by atoms with Crippen LogP contribution in [0.1, 0.15) is 5.56 Å². The Labute approximate surface area is 107 Å². The fraction of sp³-hybridized carbons (Fsp3) is 0.0714. The van der Waals surface area contributed by atoms with Crippen LogP contribution in [0.15, 0.2) is 47.6 Å². The van der Waals surface area contributed by atoms with E-state index in [0.29, 0.717) is 0 Å². The lowest BCUT2D eigenvalue weighted by atomic mass is 10.2. The SMILES string of the molecule is Fc1ccc2c(c1)CSc1nc3ccccc3n1-2. The largest absolute Gasteiger partial charge is 0.287 e. The van der Waals surface area contributed by atoms with Crippen LogP contribution in [0.5, 0.6) is 0 Å². The molecule has 0 unspecified atom stereocenters. The molecule has 18 heavy (non-hydrogen) atoms. The van der Waals surface area contributed by atoms with Crippen LogP contribution in [0, 0.1) is 5.82 Å². The van der Waals surface area contributed by atoms with Crippen molar-refractivity contribution < 1.29 is 4.39 Å². The Morgan fingerprint density at radius 3 is 3.00 bits per heavy atom. The minimum Gasteiger partial charge on any atom is -0.287 e. The van der Waals surface area contributed by atoms with E-state index in [2.05, 4.69) is 9.55 Å². The highest BCUT2D eigenvalue weighted by Gasteiger charge is 2.20. The molecule has 0 amide bonds. The summed E-state index contributed by atoms with van der Waals surface area (Å²) >= 11 is 1.65. The number of fused-ring (bicyclic) bond motifs is 5. The minimum atomic E-state index is -0.178. The van der Waals surface area contributed by atoms with Crippen molar-refractivity contribution in [2.75, 3.05) is 0 Å². The van der Waals surface area contributed by atoms with Crippen LogP contribution >= 0.6 is 11.8 Å². The second-order valence-electron chi connectivity index (χ2n) is 4.28. The summed E-state index contributed by atoms with van der Waals surface area (Å²) in [4.78, 5) is 4.61. The van der Waals surface area contributed by atoms with Crippen molar-refractivity contribution >= 4 is 22.8 Å². The number of benzene rings is 2. The summed E-state index contributed by atoms with van der Waals surface area (Å²) in [5, 5.41) is 0.982. The fourth-order valence-electron chi connectivity index (χ4n) is 2.36. The van der Waals surface area contributed by atoms with Gasteiger partial charge in [-0.25, -0.2) is 9.37 Å². The highest BCUT2D eigenvalue weighted by atomic mass is 32.2. The lowest BCUT2D eigenvalue weighted by molar-refractivity contribution is 0.625. The van der Waals surface area contributed by atoms with Gasteiger partial charge in [0, 0.05) is 5.75 Å². The number of hydrogen-bond donors (Lipinski definition) is 0. The minimum absolute atomic E-state index is 0.178. The van der Waals surface area contributed by atoms with Gasteiger partial charge in [-0.15, -0.1) is 0 Å². The first kappa shape index (κ1) is 10.1. The van der Waals surface area contributed by atoms with Gasteiger partial charge in [-0.2, -0.15) is 0 Å². The summed E-state index contributed by atoms with van der Waals surface area (Å²) in [6, 6.07) is 13.0. The highest BCUT2D eigenvalue weighted by molar-refractivity contribution is 7.98. The molecule has 0 saturated heterocycles. The molecule has 4 rings (SSSR count). The Balaban J connectivity index is 2.10. The third-order valence-corrected chi connectivity index (χ3v) is 4.16. The van der Waals surface area contributed by atoms with Crippen LogP contribution in [0.3, 0.4) is 0 Å². The Hall–Kier alpha value is -1.81. The molecule has 0 fully saturated rings. The maximum Gasteiger partial charge on any atom is 0.174 e. The van der Waals surface area contributed by atoms with Gasteiger partial charge in [0.05, 0.1) is 16.7 Å². The van der Waals surface area contributed by atoms with E-state index in [1.54, 1.807) is 17.8 Å². The van der Waals surface area contributed by atoms with Gasteiger partial charge >= 0.3 is 0 Å². The molecule has 0 aliphatic carbocycles. The summed E-state index contributed by atoms with van der Waals surface area (Å²) in [6.07, 6.45) is 0. The van der Waals surface area contributed by atoms with Gasteiger partial charge in [0.15, 0.2) is 5.16 Å². The van der Waals surface area contributed by atoms with Gasteiger partial charge in [-0.3, -0.25) is 4.57 Å². The molecule has 0 bridgehead atoms. The first-order chi connectivity index (χ1) is 8.83. The summed E-state index contributed by atoms with van der Waals surface area (Å²) < 4.78 is 15.4. The number of imidazole rings is 1. The lowest BCUT2D eigenvalue weighted by Crippen LogP contribution is -2.06. The molecule has 2 aromatic carbocycles. The molecular formula is C14H9FN2S. The summed E-state index contributed by atoms with van der Waals surface area (Å²) in [5.74, 6) is 0.596. The number of hydrogen-bond acceptors (Lipinski definition) is 2. The molecule has 0 saturated carbocycles. The van der Waals surface area contributed by atoms with E-state index in [1.165, 1.54) is 6.07 Å². The van der Waals surface area contributed by atoms with Crippen LogP contribution in [0.4, 0.5) is 4.39 Å². The van der Waals surface area contributed by atoms with E-state index >= 15 is 0 Å². The number of nitrogens with zero attached hydrogens (tertiary/aromatic N) is 2. The number of halogens is 1. The first-order valence-electron chi connectivity index (χ1n) is 5.72. The average Bonchev–Trinajstić information content (AvgIpc) is 2.77. The zero-order valence-corrected chi connectivity index (χ0v) is 10.2. The molecule has 1 aliphatic heterocycles. The number of para-hydroxylation sites is 2. The normalized spacial score (nSPS) is 13.4. The fourth-order valence-corrected chi connectivity index (χ4v) is 3.37. The van der Waals surface area contributed by atoms with Gasteiger partial charge in [0.25, 0.3) is 0 Å². The second-order valence-corrected chi connectivity index (χ2v) is 5.22. The molecule has 1 aromatic heterocycles. The summed E-state index contributed by atoms with van der Waals surface area (Å²) in [7, 11) is 0. The molecule has 0 radical (unpaired) electrons. The van der Waals surface area contributed by atoms with Gasteiger partial charge in [-0.1, -0.05) is 23.9 Å². The Morgan fingerprint density at radius 2 is 2.06 bits per heavy atom. The Morgan fingerprint density at radius 1 is 1.17 bits per heavy atom. The van der Waals surface area contributed by atoms with Crippen molar-refractivity contribution in [1.29, 1.82) is 0 Å². The second kappa shape index (κ2) is 3.59. The monoisotopic (exact) mass is 256 g/mol. The van der Waals surface area contributed by atoms with Crippen LogP contribution in [-0.4, -0.2) is 9.55 Å². The Bertz CT molecular complexity index is 764. The van der Waals surface area contributed by atoms with Gasteiger partial charge in [0.1, 0.15) is 5.82 Å². The zero-order valence-electron chi connectivity index (χ0n) is 9.43. The van der Waals surface area contributed by atoms with Gasteiger partial charge < -0.3 is 0 Å². The molecule has 4 heteroatoms. The molecule has 0 spiro atoms. The molecule has 0 N–H and O–H groups in total. The summed E-state index contributed by atoms with van der Waals surface area (Å²) in [5.41, 5.74) is 4.12. The van der Waals surface area contributed by atoms with Crippen molar-refractivity contribution in [2.24, 2.45) is 0 Å². The molecule has 1 aliphatic rings. The first-order valence-corrected chi connectivity index (χ1v) is 6.70. The van der Waals surface area contributed by atoms with Crippen molar-refractivity contribution in [3.8, 4) is 5.69 Å². The van der Waals surface area contributed by atoms with Gasteiger partial charge in [0.2, 0.25) is 0 Å². The van der Waals surface area contributed by atoms with E-state index in [9.17, 15) is 4.39 Å². The van der Waals surface area contributed by atoms with E-state index in [0.717, 1.165) is 33.2 Å². The van der Waals surface area contributed by atoms with Crippen molar-refractivity contribution in [1.82, 2.24) is 9.55 Å². The third kappa shape index (κ3) is 1.32. The maximum atomic E-state index is 13.3. The number of aromatic nitrogens is 2. The van der Waals surface area contributed by atoms with Crippen LogP contribution < -0.4 is 0 Å². The summed E-state index contributed by atoms with van der Waals surface area (Å²) in [6.45, 7) is 0.